The summed E-state index contributed by atoms with van der Waals surface area (Å²) >= 11 is 0. The third-order valence-electron chi connectivity index (χ3n) is 4.09. The van der Waals surface area contributed by atoms with Crippen molar-refractivity contribution in [2.45, 2.75) is 45.1 Å². The third kappa shape index (κ3) is 2.98. The lowest BCUT2D eigenvalue weighted by Gasteiger charge is -2.32. The van der Waals surface area contributed by atoms with Crippen LogP contribution in [-0.4, -0.2) is 23.8 Å². The number of carbonyl (C=O) groups is 1. The zero-order valence-electron chi connectivity index (χ0n) is 12.0. The van der Waals surface area contributed by atoms with Crippen molar-refractivity contribution in [3.8, 4) is 0 Å². The van der Waals surface area contributed by atoms with Crippen LogP contribution < -0.4 is 4.90 Å². The number of nitro groups is 1. The van der Waals surface area contributed by atoms with Crippen LogP contribution in [0.2, 0.25) is 0 Å². The van der Waals surface area contributed by atoms with Gasteiger partial charge in [0.2, 0.25) is 0 Å². The topological polar surface area (TPSA) is 63.5 Å². The van der Waals surface area contributed by atoms with Gasteiger partial charge in [-0.25, -0.2) is 0 Å². The fraction of sp³-hybridized carbons (Fsp3) is 0.533. The zero-order valence-corrected chi connectivity index (χ0v) is 12.0. The summed E-state index contributed by atoms with van der Waals surface area (Å²) in [6.07, 6.45) is 5.94. The smallest absolute Gasteiger partial charge is 0.282 e. The highest BCUT2D eigenvalue weighted by molar-refractivity contribution is 5.98. The Morgan fingerprint density at radius 1 is 1.30 bits per heavy atom. The molecule has 1 aliphatic rings. The Kier molecular flexibility index (Phi) is 4.37. The molecule has 0 N–H and O–H groups in total. The molecule has 0 heterocycles. The molecule has 1 fully saturated rings. The highest BCUT2D eigenvalue weighted by atomic mass is 16.6. The van der Waals surface area contributed by atoms with Gasteiger partial charge in [-0.2, -0.15) is 0 Å². The Labute approximate surface area is 118 Å². The highest BCUT2D eigenvalue weighted by Gasteiger charge is 2.22. The summed E-state index contributed by atoms with van der Waals surface area (Å²) in [7, 11) is 1.97. The fourth-order valence-corrected chi connectivity index (χ4v) is 2.87. The van der Waals surface area contributed by atoms with Crippen molar-refractivity contribution in [1.29, 1.82) is 0 Å². The molecule has 1 aliphatic carbocycles. The molecule has 1 saturated carbocycles. The molecule has 0 radical (unpaired) electrons. The third-order valence-corrected chi connectivity index (χ3v) is 4.09. The van der Waals surface area contributed by atoms with E-state index in [4.69, 9.17) is 0 Å². The van der Waals surface area contributed by atoms with Crippen molar-refractivity contribution in [3.63, 3.8) is 0 Å². The van der Waals surface area contributed by atoms with Gasteiger partial charge in [-0.1, -0.05) is 19.3 Å². The number of nitro benzene ring substituents is 1. The van der Waals surface area contributed by atoms with Crippen LogP contribution in [0.4, 0.5) is 11.4 Å². The fourth-order valence-electron chi connectivity index (χ4n) is 2.87. The van der Waals surface area contributed by atoms with E-state index in [-0.39, 0.29) is 17.0 Å². The Hall–Kier alpha value is -1.91. The highest BCUT2D eigenvalue weighted by Crippen LogP contribution is 2.30. The molecular formula is C15H20N2O3. The molecule has 2 rings (SSSR count). The Bertz CT molecular complexity index is 522. The maximum absolute atomic E-state index is 11.4. The second-order valence-corrected chi connectivity index (χ2v) is 5.42. The minimum atomic E-state index is -0.477. The molecule has 1 aromatic rings. The van der Waals surface area contributed by atoms with Gasteiger partial charge < -0.3 is 4.90 Å². The maximum atomic E-state index is 11.4. The van der Waals surface area contributed by atoms with Crippen LogP contribution in [0, 0.1) is 10.1 Å². The molecule has 0 unspecified atom stereocenters. The number of hydrogen-bond donors (Lipinski definition) is 0. The Balaban J connectivity index is 2.30. The number of Topliss-reactive ketones (excluding diaryl/α,β-unsaturated/α-hetero) is 1. The molecule has 0 amide bonds. The number of hydrogen-bond acceptors (Lipinski definition) is 4. The van der Waals surface area contributed by atoms with E-state index in [2.05, 4.69) is 4.90 Å². The zero-order chi connectivity index (χ0) is 14.7. The first kappa shape index (κ1) is 14.5. The second kappa shape index (κ2) is 6.03. The normalized spacial score (nSPS) is 15.9. The van der Waals surface area contributed by atoms with Gasteiger partial charge in [0.15, 0.2) is 5.78 Å². The molecule has 0 aromatic heterocycles. The largest absolute Gasteiger partial charge is 0.371 e. The minimum Gasteiger partial charge on any atom is -0.371 e. The summed E-state index contributed by atoms with van der Waals surface area (Å²) in [5.74, 6) is -0.274. The van der Waals surface area contributed by atoms with Gasteiger partial charge in [0.1, 0.15) is 0 Å². The Morgan fingerprint density at radius 3 is 2.50 bits per heavy atom. The van der Waals surface area contributed by atoms with Gasteiger partial charge in [-0.3, -0.25) is 14.9 Å². The summed E-state index contributed by atoms with van der Waals surface area (Å²) in [6, 6.07) is 5.32. The summed E-state index contributed by atoms with van der Waals surface area (Å²) in [4.78, 5) is 24.2. The molecule has 0 bridgehead atoms. The lowest BCUT2D eigenvalue weighted by Crippen LogP contribution is -2.33. The number of anilines is 1. The van der Waals surface area contributed by atoms with Crippen molar-refractivity contribution in [2.75, 3.05) is 11.9 Å². The van der Waals surface area contributed by atoms with Crippen molar-refractivity contribution in [2.24, 2.45) is 0 Å². The lowest BCUT2D eigenvalue weighted by atomic mass is 9.94. The van der Waals surface area contributed by atoms with Gasteiger partial charge >= 0.3 is 0 Å². The van der Waals surface area contributed by atoms with Crippen LogP contribution in [0.1, 0.15) is 49.4 Å². The van der Waals surface area contributed by atoms with Crippen LogP contribution in [0.3, 0.4) is 0 Å². The van der Waals surface area contributed by atoms with E-state index in [1.54, 1.807) is 12.1 Å². The molecule has 20 heavy (non-hydrogen) atoms. The molecule has 0 spiro atoms. The predicted molar refractivity (Wildman–Crippen MR) is 78.4 cm³/mol. The second-order valence-electron chi connectivity index (χ2n) is 5.42. The van der Waals surface area contributed by atoms with E-state index in [9.17, 15) is 14.9 Å². The summed E-state index contributed by atoms with van der Waals surface area (Å²) in [5, 5.41) is 11.1. The molecule has 1 aromatic carbocycles. The first-order chi connectivity index (χ1) is 9.50. The SMILES string of the molecule is CC(=O)c1ccc(N(C)C2CCCCC2)cc1[N+](=O)[O-]. The molecule has 0 saturated heterocycles. The average molecular weight is 276 g/mol. The lowest BCUT2D eigenvalue weighted by molar-refractivity contribution is -0.385. The van der Waals surface area contributed by atoms with E-state index in [0.717, 1.165) is 18.5 Å². The molecule has 0 aliphatic heterocycles. The van der Waals surface area contributed by atoms with Crippen molar-refractivity contribution in [1.82, 2.24) is 0 Å². The molecule has 5 heteroatoms. The van der Waals surface area contributed by atoms with Gasteiger partial charge in [-0.05, 0) is 31.9 Å². The van der Waals surface area contributed by atoms with Gasteiger partial charge in [0, 0.05) is 24.8 Å². The van der Waals surface area contributed by atoms with Gasteiger partial charge in [0.25, 0.3) is 5.69 Å². The van der Waals surface area contributed by atoms with E-state index < -0.39 is 4.92 Å². The number of nitrogens with zero attached hydrogens (tertiary/aromatic N) is 2. The van der Waals surface area contributed by atoms with E-state index >= 15 is 0 Å². The van der Waals surface area contributed by atoms with Crippen LogP contribution in [-0.2, 0) is 0 Å². The number of rotatable bonds is 4. The van der Waals surface area contributed by atoms with Crippen LogP contribution in [0.5, 0.6) is 0 Å². The molecular weight excluding hydrogens is 256 g/mol. The average Bonchev–Trinajstić information content (AvgIpc) is 2.46. The van der Waals surface area contributed by atoms with Crippen molar-refractivity contribution >= 4 is 17.2 Å². The van der Waals surface area contributed by atoms with Gasteiger partial charge in [0.05, 0.1) is 10.5 Å². The first-order valence-corrected chi connectivity index (χ1v) is 7.03. The number of ketones is 1. The summed E-state index contributed by atoms with van der Waals surface area (Å²) < 4.78 is 0. The molecule has 5 nitrogen and oxygen atoms in total. The molecule has 108 valence electrons. The van der Waals surface area contributed by atoms with Crippen LogP contribution >= 0.6 is 0 Å². The predicted octanol–water partition coefficient (Wildman–Crippen LogP) is 3.57. The standard InChI is InChI=1S/C15H20N2O3/c1-11(18)14-9-8-13(10-15(14)17(19)20)16(2)12-6-4-3-5-7-12/h8-10,12H,3-7H2,1-2H3. The van der Waals surface area contributed by atoms with Gasteiger partial charge in [-0.15, -0.1) is 0 Å². The Morgan fingerprint density at radius 2 is 1.95 bits per heavy atom. The summed E-state index contributed by atoms with van der Waals surface area (Å²) in [6.45, 7) is 1.35. The van der Waals surface area contributed by atoms with Crippen molar-refractivity contribution in [3.05, 3.63) is 33.9 Å². The first-order valence-electron chi connectivity index (χ1n) is 7.03. The monoisotopic (exact) mass is 276 g/mol. The number of carbonyl (C=O) groups excluding carboxylic acids is 1. The van der Waals surface area contributed by atoms with E-state index in [1.165, 1.54) is 32.3 Å². The molecule has 0 atom stereocenters. The van der Waals surface area contributed by atoms with E-state index in [1.807, 2.05) is 7.05 Å². The van der Waals surface area contributed by atoms with Crippen molar-refractivity contribution < 1.29 is 9.72 Å². The number of benzene rings is 1. The quantitative estimate of drug-likeness (QED) is 0.479. The maximum Gasteiger partial charge on any atom is 0.282 e. The van der Waals surface area contributed by atoms with Crippen LogP contribution in [0.25, 0.3) is 0 Å². The van der Waals surface area contributed by atoms with Crippen LogP contribution in [0.15, 0.2) is 18.2 Å². The van der Waals surface area contributed by atoms with E-state index in [0.29, 0.717) is 6.04 Å². The summed E-state index contributed by atoms with van der Waals surface area (Å²) in [5.41, 5.74) is 0.891. The minimum absolute atomic E-state index is 0.0994.